The molecule has 0 heterocycles. The van der Waals surface area contributed by atoms with E-state index in [-0.39, 0.29) is 57.8 Å². The van der Waals surface area contributed by atoms with Crippen molar-refractivity contribution in [3.05, 3.63) is 0 Å². The molecule has 0 amide bonds. The minimum atomic E-state index is -1.69. The molecule has 4 nitrogen and oxygen atoms in total. The van der Waals surface area contributed by atoms with Gasteiger partial charge >= 0.3 is 63.3 Å². The Morgan fingerprint density at radius 2 is 1.14 bits per heavy atom. The number of carboxylic acids is 2. The summed E-state index contributed by atoms with van der Waals surface area (Å²) in [6.45, 7) is 7.27. The molecule has 0 aliphatic rings. The van der Waals surface area contributed by atoms with E-state index in [1.165, 1.54) is 25.7 Å². The normalized spacial score (nSPS) is 11.8. The van der Waals surface area contributed by atoms with Crippen LogP contribution in [-0.2, 0) is 9.59 Å². The van der Waals surface area contributed by atoms with Crippen molar-refractivity contribution in [2.24, 2.45) is 10.8 Å². The van der Waals surface area contributed by atoms with E-state index in [4.69, 9.17) is 0 Å². The fourth-order valence-electron chi connectivity index (χ4n) is 2.85. The quantitative estimate of drug-likeness (QED) is 0.338. The third-order valence-corrected chi connectivity index (χ3v) is 4.42. The molecule has 126 valence electrons. The SMILES string of the molecule is CCCCCCCCCCC(C(=O)O)(C(=O)O)C(C)(C)C.[KH]. The maximum absolute atomic E-state index is 11.6. The van der Waals surface area contributed by atoms with Crippen molar-refractivity contribution in [3.63, 3.8) is 0 Å². The Kier molecular flexibility index (Phi) is 13.6. The zero-order valence-electron chi connectivity index (χ0n) is 14.1. The van der Waals surface area contributed by atoms with Gasteiger partial charge in [-0.2, -0.15) is 0 Å². The molecular formula is C17H33KO4. The van der Waals surface area contributed by atoms with E-state index in [1.807, 2.05) is 0 Å². The Hall–Kier alpha value is 0.576. The molecule has 0 radical (unpaired) electrons. The molecule has 0 aliphatic heterocycles. The standard InChI is InChI=1S/C17H32O4.K.H/c1-5-6-7-8-9-10-11-12-13-17(14(18)19,15(20)21)16(2,3)4;;/h5-13H2,1-4H3,(H,18,19)(H,20,21);;. The molecule has 5 heteroatoms. The minimum absolute atomic E-state index is 0. The monoisotopic (exact) mass is 340 g/mol. The molecule has 0 aromatic rings. The average molecular weight is 341 g/mol. The first-order valence-electron chi connectivity index (χ1n) is 8.17. The van der Waals surface area contributed by atoms with Crippen molar-refractivity contribution in [1.29, 1.82) is 0 Å². The van der Waals surface area contributed by atoms with Crippen molar-refractivity contribution in [1.82, 2.24) is 0 Å². The number of carboxylic acid groups (broad SMARTS) is 2. The third kappa shape index (κ3) is 7.43. The van der Waals surface area contributed by atoms with Gasteiger partial charge < -0.3 is 10.2 Å². The van der Waals surface area contributed by atoms with Gasteiger partial charge in [0.2, 0.25) is 0 Å². The fraction of sp³-hybridized carbons (Fsp3) is 0.882. The molecule has 0 aliphatic carbocycles. The molecule has 0 unspecified atom stereocenters. The fourth-order valence-corrected chi connectivity index (χ4v) is 2.85. The van der Waals surface area contributed by atoms with Crippen molar-refractivity contribution in [3.8, 4) is 0 Å². The van der Waals surface area contributed by atoms with Gasteiger partial charge in [-0.25, -0.2) is 0 Å². The van der Waals surface area contributed by atoms with E-state index in [1.54, 1.807) is 20.8 Å². The zero-order chi connectivity index (χ0) is 16.5. The molecular weight excluding hydrogens is 307 g/mol. The molecule has 2 N–H and O–H groups in total. The van der Waals surface area contributed by atoms with Crippen LogP contribution in [0.15, 0.2) is 0 Å². The van der Waals surface area contributed by atoms with E-state index in [9.17, 15) is 19.8 Å². The van der Waals surface area contributed by atoms with Crippen LogP contribution in [0.2, 0.25) is 0 Å². The van der Waals surface area contributed by atoms with Gasteiger partial charge in [0.15, 0.2) is 5.41 Å². The van der Waals surface area contributed by atoms with Gasteiger partial charge in [0, 0.05) is 0 Å². The van der Waals surface area contributed by atoms with Crippen LogP contribution in [-0.4, -0.2) is 73.5 Å². The zero-order valence-corrected chi connectivity index (χ0v) is 14.1. The van der Waals surface area contributed by atoms with Gasteiger partial charge in [-0.1, -0.05) is 79.1 Å². The average Bonchev–Trinajstić information content (AvgIpc) is 2.34. The molecule has 0 saturated heterocycles. The number of aliphatic carboxylic acids is 2. The summed E-state index contributed by atoms with van der Waals surface area (Å²) >= 11 is 0. The molecule has 0 aromatic heterocycles. The van der Waals surface area contributed by atoms with Crippen molar-refractivity contribution >= 4 is 63.3 Å². The van der Waals surface area contributed by atoms with E-state index in [0.717, 1.165) is 19.3 Å². The van der Waals surface area contributed by atoms with Crippen LogP contribution in [0.25, 0.3) is 0 Å². The maximum atomic E-state index is 11.6. The van der Waals surface area contributed by atoms with Crippen LogP contribution in [0, 0.1) is 10.8 Å². The van der Waals surface area contributed by atoms with Crippen molar-refractivity contribution in [2.45, 2.75) is 85.5 Å². The Morgan fingerprint density at radius 3 is 1.45 bits per heavy atom. The van der Waals surface area contributed by atoms with E-state index in [2.05, 4.69) is 6.92 Å². The van der Waals surface area contributed by atoms with Gasteiger partial charge in [-0.05, 0) is 11.8 Å². The number of carbonyl (C=O) groups is 2. The number of unbranched alkanes of at least 4 members (excludes halogenated alkanes) is 7. The molecule has 0 atom stereocenters. The summed E-state index contributed by atoms with van der Waals surface area (Å²) in [5.41, 5.74) is -2.49. The second-order valence-corrected chi connectivity index (χ2v) is 6.99. The van der Waals surface area contributed by atoms with E-state index in [0.29, 0.717) is 6.42 Å². The first-order valence-corrected chi connectivity index (χ1v) is 8.17. The van der Waals surface area contributed by atoms with Crippen LogP contribution in [0.4, 0.5) is 0 Å². The number of rotatable bonds is 11. The van der Waals surface area contributed by atoms with Crippen molar-refractivity contribution < 1.29 is 19.8 Å². The summed E-state index contributed by atoms with van der Waals surface area (Å²) in [6, 6.07) is 0. The molecule has 0 aromatic carbocycles. The first-order chi connectivity index (χ1) is 9.70. The van der Waals surface area contributed by atoms with Crippen LogP contribution < -0.4 is 0 Å². The summed E-state index contributed by atoms with van der Waals surface area (Å²) < 4.78 is 0. The van der Waals surface area contributed by atoms with Gasteiger partial charge in [-0.15, -0.1) is 0 Å². The van der Waals surface area contributed by atoms with Crippen LogP contribution >= 0.6 is 0 Å². The van der Waals surface area contributed by atoms with Crippen molar-refractivity contribution in [2.75, 3.05) is 0 Å². The molecule has 0 fully saturated rings. The van der Waals surface area contributed by atoms with Gasteiger partial charge in [-0.3, -0.25) is 9.59 Å². The summed E-state index contributed by atoms with van der Waals surface area (Å²) in [5, 5.41) is 18.9. The topological polar surface area (TPSA) is 74.6 Å². The molecule has 0 rings (SSSR count). The van der Waals surface area contributed by atoms with Crippen LogP contribution in [0.1, 0.15) is 85.5 Å². The Bertz CT molecular complexity index is 320. The summed E-state index contributed by atoms with van der Waals surface area (Å²) in [7, 11) is 0. The summed E-state index contributed by atoms with van der Waals surface area (Å²) in [4.78, 5) is 23.1. The van der Waals surface area contributed by atoms with Gasteiger partial charge in [0.1, 0.15) is 0 Å². The van der Waals surface area contributed by atoms with Gasteiger partial charge in [0.05, 0.1) is 0 Å². The number of hydrogen-bond acceptors (Lipinski definition) is 2. The first kappa shape index (κ1) is 24.8. The Balaban J connectivity index is 0. The van der Waals surface area contributed by atoms with E-state index >= 15 is 0 Å². The second-order valence-electron chi connectivity index (χ2n) is 6.99. The molecule has 22 heavy (non-hydrogen) atoms. The predicted octanol–water partition coefficient (Wildman–Crippen LogP) is 4.07. The van der Waals surface area contributed by atoms with Crippen LogP contribution in [0.3, 0.4) is 0 Å². The van der Waals surface area contributed by atoms with Gasteiger partial charge in [0.25, 0.3) is 0 Å². The third-order valence-electron chi connectivity index (χ3n) is 4.42. The van der Waals surface area contributed by atoms with E-state index < -0.39 is 22.8 Å². The second kappa shape index (κ2) is 12.0. The molecule has 0 saturated carbocycles. The Morgan fingerprint density at radius 1 is 0.773 bits per heavy atom. The molecule has 0 spiro atoms. The van der Waals surface area contributed by atoms with Crippen LogP contribution in [0.5, 0.6) is 0 Å². The summed E-state index contributed by atoms with van der Waals surface area (Å²) in [6.07, 6.45) is 8.95. The number of hydrogen-bond donors (Lipinski definition) is 2. The molecule has 0 bridgehead atoms. The Labute approximate surface area is 177 Å². The predicted molar refractivity (Wildman–Crippen MR) is 91.5 cm³/mol. The summed E-state index contributed by atoms with van der Waals surface area (Å²) in [5.74, 6) is -2.43.